The Labute approximate surface area is 80.1 Å². The van der Waals surface area contributed by atoms with E-state index in [0.717, 1.165) is 12.8 Å². The molecule has 0 aromatic heterocycles. The van der Waals surface area contributed by atoms with Gasteiger partial charge in [0.15, 0.2) is 0 Å². The van der Waals surface area contributed by atoms with Crippen LogP contribution >= 0.6 is 0 Å². The molecule has 74 valence electrons. The third-order valence-corrected chi connectivity index (χ3v) is 1.87. The zero-order valence-electron chi connectivity index (χ0n) is 8.31. The monoisotopic (exact) mass is 182 g/mol. The van der Waals surface area contributed by atoms with Crippen LogP contribution in [0.15, 0.2) is 0 Å². The van der Waals surface area contributed by atoms with E-state index in [9.17, 15) is 4.79 Å². The smallest absolute Gasteiger partial charge is 0.220 e. The molecule has 1 amide bonds. The van der Waals surface area contributed by atoms with Crippen LogP contribution < -0.4 is 5.32 Å². The summed E-state index contributed by atoms with van der Waals surface area (Å²) in [4.78, 5) is 11.0. The first-order chi connectivity index (χ1) is 6.31. The summed E-state index contributed by atoms with van der Waals surface area (Å²) in [5.74, 6) is -0.00181. The standard InChI is InChI=1S/C10H18N2O/c1-2-3-4-5-6-7-10(13)12-9-8-11/h2-7,9H2,1H3,(H,12,13). The number of nitrogens with zero attached hydrogens (tertiary/aromatic N) is 1. The van der Waals surface area contributed by atoms with E-state index in [2.05, 4.69) is 12.2 Å². The molecule has 0 rings (SSSR count). The van der Waals surface area contributed by atoms with E-state index in [-0.39, 0.29) is 12.5 Å². The highest BCUT2D eigenvalue weighted by Gasteiger charge is 1.98. The molecule has 0 saturated carbocycles. The van der Waals surface area contributed by atoms with E-state index < -0.39 is 0 Å². The summed E-state index contributed by atoms with van der Waals surface area (Å²) in [6, 6.07) is 1.88. The minimum atomic E-state index is -0.00181. The Balaban J connectivity index is 3.13. The van der Waals surface area contributed by atoms with Crippen LogP contribution in [0.25, 0.3) is 0 Å². The third kappa shape index (κ3) is 8.87. The number of carbonyl (C=O) groups is 1. The molecule has 0 aliphatic heterocycles. The van der Waals surface area contributed by atoms with Gasteiger partial charge >= 0.3 is 0 Å². The second kappa shape index (κ2) is 9.05. The molecule has 0 aromatic carbocycles. The molecule has 0 radical (unpaired) electrons. The summed E-state index contributed by atoms with van der Waals surface area (Å²) >= 11 is 0. The first-order valence-electron chi connectivity index (χ1n) is 4.95. The Kier molecular flexibility index (Phi) is 8.33. The SMILES string of the molecule is CCCCCCCC(=O)NCC#N. The molecule has 0 saturated heterocycles. The van der Waals surface area contributed by atoms with Crippen molar-refractivity contribution in [1.82, 2.24) is 5.32 Å². The van der Waals surface area contributed by atoms with Gasteiger partial charge in [0.2, 0.25) is 5.91 Å². The zero-order chi connectivity index (χ0) is 9.94. The molecule has 0 unspecified atom stereocenters. The molecule has 3 heteroatoms. The molecule has 0 aromatic rings. The number of unbranched alkanes of at least 4 members (excludes halogenated alkanes) is 4. The second-order valence-electron chi connectivity index (χ2n) is 3.10. The molecular formula is C10H18N2O. The lowest BCUT2D eigenvalue weighted by Gasteiger charge is -2.00. The van der Waals surface area contributed by atoms with Crippen LogP contribution in [-0.2, 0) is 4.79 Å². The minimum absolute atomic E-state index is 0.00181. The highest BCUT2D eigenvalue weighted by atomic mass is 16.1. The first kappa shape index (κ1) is 12.0. The van der Waals surface area contributed by atoms with Crippen LogP contribution in [-0.4, -0.2) is 12.5 Å². The molecule has 0 heterocycles. The summed E-state index contributed by atoms with van der Waals surface area (Å²) in [6.07, 6.45) is 6.30. The Morgan fingerprint density at radius 3 is 2.62 bits per heavy atom. The average molecular weight is 182 g/mol. The van der Waals surface area contributed by atoms with Gasteiger partial charge in [-0.15, -0.1) is 0 Å². The number of rotatable bonds is 7. The van der Waals surface area contributed by atoms with Crippen LogP contribution in [0, 0.1) is 11.3 Å². The topological polar surface area (TPSA) is 52.9 Å². The van der Waals surface area contributed by atoms with E-state index in [1.165, 1.54) is 19.3 Å². The summed E-state index contributed by atoms with van der Waals surface area (Å²) < 4.78 is 0. The highest BCUT2D eigenvalue weighted by molar-refractivity contribution is 5.75. The lowest BCUT2D eigenvalue weighted by molar-refractivity contribution is -0.120. The van der Waals surface area contributed by atoms with Gasteiger partial charge in [0, 0.05) is 6.42 Å². The Hall–Kier alpha value is -1.04. The molecular weight excluding hydrogens is 164 g/mol. The Bertz CT molecular complexity index is 172. The fourth-order valence-electron chi connectivity index (χ4n) is 1.12. The molecule has 0 spiro atoms. The van der Waals surface area contributed by atoms with Crippen molar-refractivity contribution >= 4 is 5.91 Å². The fourth-order valence-corrected chi connectivity index (χ4v) is 1.12. The molecule has 1 N–H and O–H groups in total. The van der Waals surface area contributed by atoms with E-state index in [4.69, 9.17) is 5.26 Å². The van der Waals surface area contributed by atoms with Gasteiger partial charge in [-0.2, -0.15) is 5.26 Å². The van der Waals surface area contributed by atoms with Crippen molar-refractivity contribution in [3.63, 3.8) is 0 Å². The summed E-state index contributed by atoms with van der Waals surface area (Å²) in [5.41, 5.74) is 0. The van der Waals surface area contributed by atoms with E-state index >= 15 is 0 Å². The third-order valence-electron chi connectivity index (χ3n) is 1.87. The van der Waals surface area contributed by atoms with E-state index in [1.807, 2.05) is 6.07 Å². The van der Waals surface area contributed by atoms with Gasteiger partial charge in [-0.05, 0) is 6.42 Å². The van der Waals surface area contributed by atoms with Gasteiger partial charge in [0.1, 0.15) is 6.54 Å². The molecule has 3 nitrogen and oxygen atoms in total. The lowest BCUT2D eigenvalue weighted by Crippen LogP contribution is -2.22. The van der Waals surface area contributed by atoms with E-state index in [0.29, 0.717) is 6.42 Å². The average Bonchev–Trinajstić information content (AvgIpc) is 2.14. The lowest BCUT2D eigenvalue weighted by atomic mass is 10.1. The summed E-state index contributed by atoms with van der Waals surface area (Å²) in [6.45, 7) is 2.30. The first-order valence-corrected chi connectivity index (χ1v) is 4.95. The van der Waals surface area contributed by atoms with Crippen LogP contribution in [0.4, 0.5) is 0 Å². The van der Waals surface area contributed by atoms with Crippen LogP contribution in [0.5, 0.6) is 0 Å². The zero-order valence-corrected chi connectivity index (χ0v) is 8.31. The van der Waals surface area contributed by atoms with Crippen LogP contribution in [0.1, 0.15) is 45.4 Å². The van der Waals surface area contributed by atoms with Crippen LogP contribution in [0.3, 0.4) is 0 Å². The number of nitrogens with one attached hydrogen (secondary N) is 1. The van der Waals surface area contributed by atoms with Gasteiger partial charge < -0.3 is 5.32 Å². The van der Waals surface area contributed by atoms with Crippen molar-refractivity contribution in [1.29, 1.82) is 5.26 Å². The molecule has 0 fully saturated rings. The number of carbonyl (C=O) groups excluding carboxylic acids is 1. The van der Waals surface area contributed by atoms with Gasteiger partial charge in [-0.1, -0.05) is 32.6 Å². The summed E-state index contributed by atoms with van der Waals surface area (Å²) in [7, 11) is 0. The summed E-state index contributed by atoms with van der Waals surface area (Å²) in [5, 5.41) is 10.7. The molecule has 13 heavy (non-hydrogen) atoms. The number of amides is 1. The quantitative estimate of drug-likeness (QED) is 0.483. The van der Waals surface area contributed by atoms with Crippen molar-refractivity contribution in [3.8, 4) is 6.07 Å². The predicted molar refractivity (Wildman–Crippen MR) is 52.0 cm³/mol. The fraction of sp³-hybridized carbons (Fsp3) is 0.800. The maximum atomic E-state index is 11.0. The molecule has 0 aliphatic carbocycles. The normalized spacial score (nSPS) is 9.23. The van der Waals surface area contributed by atoms with Crippen molar-refractivity contribution in [3.05, 3.63) is 0 Å². The number of hydrogen-bond acceptors (Lipinski definition) is 2. The van der Waals surface area contributed by atoms with Gasteiger partial charge in [0.25, 0.3) is 0 Å². The van der Waals surface area contributed by atoms with Gasteiger partial charge in [0.05, 0.1) is 6.07 Å². The Morgan fingerprint density at radius 1 is 1.31 bits per heavy atom. The largest absolute Gasteiger partial charge is 0.343 e. The molecule has 0 bridgehead atoms. The van der Waals surface area contributed by atoms with Gasteiger partial charge in [-0.25, -0.2) is 0 Å². The molecule has 0 atom stereocenters. The van der Waals surface area contributed by atoms with Crippen LogP contribution in [0.2, 0.25) is 0 Å². The van der Waals surface area contributed by atoms with Crippen molar-refractivity contribution in [2.24, 2.45) is 0 Å². The van der Waals surface area contributed by atoms with E-state index in [1.54, 1.807) is 0 Å². The number of hydrogen-bond donors (Lipinski definition) is 1. The van der Waals surface area contributed by atoms with Crippen molar-refractivity contribution < 1.29 is 4.79 Å². The van der Waals surface area contributed by atoms with Crippen molar-refractivity contribution in [2.75, 3.05) is 6.54 Å². The minimum Gasteiger partial charge on any atom is -0.343 e. The maximum absolute atomic E-state index is 11.0. The van der Waals surface area contributed by atoms with Gasteiger partial charge in [-0.3, -0.25) is 4.79 Å². The Morgan fingerprint density at radius 2 is 2.00 bits per heavy atom. The predicted octanol–water partition coefficient (Wildman–Crippen LogP) is 1.99. The maximum Gasteiger partial charge on any atom is 0.220 e. The molecule has 0 aliphatic rings. The highest BCUT2D eigenvalue weighted by Crippen LogP contribution is 2.04. The number of nitriles is 1. The second-order valence-corrected chi connectivity index (χ2v) is 3.10. The van der Waals surface area contributed by atoms with Crippen molar-refractivity contribution in [2.45, 2.75) is 45.4 Å².